The van der Waals surface area contributed by atoms with Gasteiger partial charge in [0.05, 0.1) is 5.69 Å². The summed E-state index contributed by atoms with van der Waals surface area (Å²) in [6.07, 6.45) is 0.993. The Morgan fingerprint density at radius 3 is 2.65 bits per heavy atom. The maximum absolute atomic E-state index is 5.65. The molecule has 2 aromatic rings. The molecule has 20 heavy (non-hydrogen) atoms. The number of nitrogens with two attached hydrogens (primary N) is 1. The van der Waals surface area contributed by atoms with E-state index in [0.29, 0.717) is 4.99 Å². The van der Waals surface area contributed by atoms with Gasteiger partial charge < -0.3 is 11.1 Å². The van der Waals surface area contributed by atoms with Crippen LogP contribution in [0, 0.1) is 6.92 Å². The number of para-hydroxylation sites is 1. The lowest BCUT2D eigenvalue weighted by molar-refractivity contribution is 1.13. The lowest BCUT2D eigenvalue weighted by atomic mass is 10.1. The number of halogens is 1. The van der Waals surface area contributed by atoms with Crippen LogP contribution in [0.3, 0.4) is 0 Å². The van der Waals surface area contributed by atoms with E-state index in [2.05, 4.69) is 53.3 Å². The van der Waals surface area contributed by atoms with E-state index >= 15 is 0 Å². The van der Waals surface area contributed by atoms with Gasteiger partial charge in [-0.2, -0.15) is 0 Å². The predicted octanol–water partition coefficient (Wildman–Crippen LogP) is 4.70. The zero-order valence-corrected chi connectivity index (χ0v) is 13.9. The van der Waals surface area contributed by atoms with E-state index in [1.165, 1.54) is 16.8 Å². The topological polar surface area (TPSA) is 38.0 Å². The maximum atomic E-state index is 5.65. The minimum atomic E-state index is 0.405. The molecule has 104 valence electrons. The van der Waals surface area contributed by atoms with Crippen molar-refractivity contribution in [3.63, 3.8) is 0 Å². The molecule has 2 nitrogen and oxygen atoms in total. The molecule has 2 aromatic carbocycles. The van der Waals surface area contributed by atoms with Crippen LogP contribution in [-0.4, -0.2) is 4.99 Å². The quantitative estimate of drug-likeness (QED) is 0.786. The molecule has 2 rings (SSSR count). The molecule has 0 heterocycles. The van der Waals surface area contributed by atoms with Crippen molar-refractivity contribution in [1.82, 2.24) is 0 Å². The Balaban J connectivity index is 2.38. The molecule has 0 amide bonds. The van der Waals surface area contributed by atoms with Crippen molar-refractivity contribution >= 4 is 44.5 Å². The highest BCUT2D eigenvalue weighted by molar-refractivity contribution is 9.10. The molecule has 0 saturated carbocycles. The van der Waals surface area contributed by atoms with E-state index in [4.69, 9.17) is 18.0 Å². The average Bonchev–Trinajstić information content (AvgIpc) is 2.42. The Labute approximate surface area is 133 Å². The summed E-state index contributed by atoms with van der Waals surface area (Å²) in [5, 5.41) is 3.50. The summed E-state index contributed by atoms with van der Waals surface area (Å²) in [6.45, 7) is 4.27. The molecule has 0 aliphatic rings. The van der Waals surface area contributed by atoms with Crippen molar-refractivity contribution in [2.75, 3.05) is 5.32 Å². The zero-order valence-electron chi connectivity index (χ0n) is 11.5. The van der Waals surface area contributed by atoms with E-state index < -0.39 is 0 Å². The van der Waals surface area contributed by atoms with Gasteiger partial charge in [0.2, 0.25) is 0 Å². The van der Waals surface area contributed by atoms with Crippen LogP contribution in [-0.2, 0) is 6.42 Å². The maximum Gasteiger partial charge on any atom is 0.104 e. The second-order valence-corrected chi connectivity index (χ2v) is 5.94. The number of anilines is 2. The largest absolute Gasteiger partial charge is 0.389 e. The third kappa shape index (κ3) is 3.19. The molecule has 0 bridgehead atoms. The third-order valence-corrected chi connectivity index (χ3v) is 4.15. The van der Waals surface area contributed by atoms with Crippen molar-refractivity contribution in [3.8, 4) is 0 Å². The number of hydrogen-bond donors (Lipinski definition) is 2. The SMILES string of the molecule is CCc1cccc(C)c1Nc1ccc(C(N)=S)cc1Br. The molecule has 0 aliphatic heterocycles. The first-order chi connectivity index (χ1) is 9.52. The summed E-state index contributed by atoms with van der Waals surface area (Å²) in [5.74, 6) is 0. The average molecular weight is 349 g/mol. The number of hydrogen-bond acceptors (Lipinski definition) is 2. The fourth-order valence-electron chi connectivity index (χ4n) is 2.11. The van der Waals surface area contributed by atoms with Gasteiger partial charge in [-0.05, 0) is 58.6 Å². The number of benzene rings is 2. The molecule has 4 heteroatoms. The number of rotatable bonds is 4. The van der Waals surface area contributed by atoms with Gasteiger partial charge >= 0.3 is 0 Å². The summed E-state index contributed by atoms with van der Waals surface area (Å²) in [5.41, 5.74) is 11.2. The van der Waals surface area contributed by atoms with E-state index in [1.54, 1.807) is 0 Å². The highest BCUT2D eigenvalue weighted by atomic mass is 79.9. The second-order valence-electron chi connectivity index (χ2n) is 4.65. The smallest absolute Gasteiger partial charge is 0.104 e. The Kier molecular flexibility index (Phi) is 4.78. The van der Waals surface area contributed by atoms with E-state index in [9.17, 15) is 0 Å². The van der Waals surface area contributed by atoms with Crippen LogP contribution in [0.5, 0.6) is 0 Å². The van der Waals surface area contributed by atoms with Crippen molar-refractivity contribution < 1.29 is 0 Å². The number of aryl methyl sites for hydroxylation is 2. The van der Waals surface area contributed by atoms with Gasteiger partial charge in [-0.3, -0.25) is 0 Å². The summed E-state index contributed by atoms with van der Waals surface area (Å²) < 4.78 is 0.952. The van der Waals surface area contributed by atoms with Crippen LogP contribution >= 0.6 is 28.1 Å². The first-order valence-electron chi connectivity index (χ1n) is 6.47. The van der Waals surface area contributed by atoms with Crippen LogP contribution in [0.2, 0.25) is 0 Å². The molecular formula is C16H17BrN2S. The molecule has 0 fully saturated rings. The molecular weight excluding hydrogens is 332 g/mol. The molecule has 0 aromatic heterocycles. The number of nitrogens with one attached hydrogen (secondary N) is 1. The minimum absolute atomic E-state index is 0.405. The van der Waals surface area contributed by atoms with Crippen LogP contribution in [0.1, 0.15) is 23.6 Å². The first-order valence-corrected chi connectivity index (χ1v) is 7.68. The summed E-state index contributed by atoms with van der Waals surface area (Å²) in [7, 11) is 0. The molecule has 0 radical (unpaired) electrons. The zero-order chi connectivity index (χ0) is 14.7. The highest BCUT2D eigenvalue weighted by Crippen LogP contribution is 2.30. The normalized spacial score (nSPS) is 10.3. The van der Waals surface area contributed by atoms with Crippen LogP contribution < -0.4 is 11.1 Å². The molecule has 0 saturated heterocycles. The Hall–Kier alpha value is -1.39. The van der Waals surface area contributed by atoms with Gasteiger partial charge in [0.25, 0.3) is 0 Å². The molecule has 3 N–H and O–H groups in total. The first kappa shape index (κ1) is 15.0. The number of thiocarbonyl (C=S) groups is 1. The minimum Gasteiger partial charge on any atom is -0.389 e. The van der Waals surface area contributed by atoms with Crippen molar-refractivity contribution in [1.29, 1.82) is 0 Å². The lowest BCUT2D eigenvalue weighted by Crippen LogP contribution is -2.09. The van der Waals surface area contributed by atoms with E-state index in [1.807, 2.05) is 18.2 Å². The summed E-state index contributed by atoms with van der Waals surface area (Å²) >= 11 is 8.56. The highest BCUT2D eigenvalue weighted by Gasteiger charge is 2.08. The summed E-state index contributed by atoms with van der Waals surface area (Å²) in [4.78, 5) is 0.405. The molecule has 0 aliphatic carbocycles. The molecule has 0 unspecified atom stereocenters. The monoisotopic (exact) mass is 348 g/mol. The fourth-order valence-corrected chi connectivity index (χ4v) is 2.71. The van der Waals surface area contributed by atoms with Crippen molar-refractivity contribution in [3.05, 3.63) is 57.6 Å². The van der Waals surface area contributed by atoms with Gasteiger partial charge in [-0.25, -0.2) is 0 Å². The van der Waals surface area contributed by atoms with Crippen molar-refractivity contribution in [2.45, 2.75) is 20.3 Å². The van der Waals surface area contributed by atoms with Gasteiger partial charge in [0.15, 0.2) is 0 Å². The van der Waals surface area contributed by atoms with Crippen LogP contribution in [0.15, 0.2) is 40.9 Å². The third-order valence-electron chi connectivity index (χ3n) is 3.25. The van der Waals surface area contributed by atoms with Crippen LogP contribution in [0.25, 0.3) is 0 Å². The lowest BCUT2D eigenvalue weighted by Gasteiger charge is -2.15. The van der Waals surface area contributed by atoms with Gasteiger partial charge in [0, 0.05) is 15.7 Å². The second kappa shape index (κ2) is 6.37. The van der Waals surface area contributed by atoms with E-state index in [-0.39, 0.29) is 0 Å². The van der Waals surface area contributed by atoms with Crippen molar-refractivity contribution in [2.24, 2.45) is 5.73 Å². The fraction of sp³-hybridized carbons (Fsp3) is 0.188. The van der Waals surface area contributed by atoms with Gasteiger partial charge in [-0.1, -0.05) is 37.3 Å². The van der Waals surface area contributed by atoms with Gasteiger partial charge in [-0.15, -0.1) is 0 Å². The van der Waals surface area contributed by atoms with Gasteiger partial charge in [0.1, 0.15) is 4.99 Å². The van der Waals surface area contributed by atoms with E-state index in [0.717, 1.165) is 22.1 Å². The Morgan fingerprint density at radius 2 is 2.05 bits per heavy atom. The Morgan fingerprint density at radius 1 is 1.30 bits per heavy atom. The summed E-state index contributed by atoms with van der Waals surface area (Å²) in [6, 6.07) is 12.2. The van der Waals surface area contributed by atoms with Crippen LogP contribution in [0.4, 0.5) is 11.4 Å². The standard InChI is InChI=1S/C16H17BrN2S/c1-3-11-6-4-5-10(2)15(11)19-14-8-7-12(16(18)20)9-13(14)17/h4-9,19H,3H2,1-2H3,(H2,18,20). The molecule has 0 spiro atoms. The molecule has 0 atom stereocenters. The Bertz CT molecular complexity index is 653. The predicted molar refractivity (Wildman–Crippen MR) is 93.9 cm³/mol.